The number of aliphatic imine (C=N–C) groups is 1. The van der Waals surface area contributed by atoms with Gasteiger partial charge in [0.1, 0.15) is 0 Å². The van der Waals surface area contributed by atoms with Crippen LogP contribution in [0.4, 0.5) is 5.69 Å². The van der Waals surface area contributed by atoms with Crippen LogP contribution in [0.1, 0.15) is 32.0 Å². The Morgan fingerprint density at radius 1 is 0.938 bits per heavy atom. The number of benzene rings is 2. The molecule has 0 saturated heterocycles. The van der Waals surface area contributed by atoms with Gasteiger partial charge in [-0.3, -0.25) is 14.6 Å². The first-order valence-electron chi connectivity index (χ1n) is 10.3. The summed E-state index contributed by atoms with van der Waals surface area (Å²) in [4.78, 5) is 28.2. The molecule has 0 atom stereocenters. The molecule has 4 N–H and O–H groups in total. The maximum Gasteiger partial charge on any atom is 0.291 e. The van der Waals surface area contributed by atoms with Crippen molar-refractivity contribution in [2.24, 2.45) is 4.99 Å². The lowest BCUT2D eigenvalue weighted by Crippen LogP contribution is -2.37. The summed E-state index contributed by atoms with van der Waals surface area (Å²) in [5.41, 5.74) is 3.38. The highest BCUT2D eigenvalue weighted by Crippen LogP contribution is 2.13. The van der Waals surface area contributed by atoms with Crippen LogP contribution in [0, 0.1) is 0 Å². The molecule has 3 rings (SSSR count). The minimum atomic E-state index is -0.293. The molecule has 0 fully saturated rings. The molecule has 1 aromatic heterocycles. The second kappa shape index (κ2) is 11.4. The smallest absolute Gasteiger partial charge is 0.291 e. The van der Waals surface area contributed by atoms with E-state index in [0.717, 1.165) is 17.5 Å². The van der Waals surface area contributed by atoms with Gasteiger partial charge in [-0.05, 0) is 53.9 Å². The van der Waals surface area contributed by atoms with Crippen LogP contribution in [0.25, 0.3) is 0 Å². The molecule has 8 nitrogen and oxygen atoms in total. The molecule has 0 saturated carbocycles. The SMILES string of the molecule is CN=C(NCCc1cccc(C(=O)NC)c1)NCc1cccc(NC(=O)c2ccco2)c1. The molecule has 2 aromatic carbocycles. The van der Waals surface area contributed by atoms with Crippen LogP contribution < -0.4 is 21.3 Å². The molecule has 0 aliphatic heterocycles. The van der Waals surface area contributed by atoms with E-state index in [-0.39, 0.29) is 17.6 Å². The van der Waals surface area contributed by atoms with E-state index in [1.54, 1.807) is 32.3 Å². The number of carbonyl (C=O) groups is 2. The summed E-state index contributed by atoms with van der Waals surface area (Å²) in [5, 5.41) is 12.0. The standard InChI is InChI=1S/C24H27N5O3/c1-25-22(30)19-8-3-6-17(14-19)11-12-27-24(26-2)28-16-18-7-4-9-20(15-18)29-23(31)21-10-5-13-32-21/h3-10,13-15H,11-12,16H2,1-2H3,(H,25,30)(H,29,31)(H2,26,27,28). The van der Waals surface area contributed by atoms with Crippen molar-refractivity contribution in [1.82, 2.24) is 16.0 Å². The van der Waals surface area contributed by atoms with Crippen LogP contribution >= 0.6 is 0 Å². The van der Waals surface area contributed by atoms with Crippen molar-refractivity contribution in [3.8, 4) is 0 Å². The van der Waals surface area contributed by atoms with E-state index in [1.807, 2.05) is 42.5 Å². The zero-order valence-electron chi connectivity index (χ0n) is 18.1. The highest BCUT2D eigenvalue weighted by Gasteiger charge is 2.09. The third-order valence-corrected chi connectivity index (χ3v) is 4.74. The van der Waals surface area contributed by atoms with Gasteiger partial charge in [0.25, 0.3) is 11.8 Å². The van der Waals surface area contributed by atoms with Crippen molar-refractivity contribution in [2.45, 2.75) is 13.0 Å². The number of carbonyl (C=O) groups excluding carboxylic acids is 2. The van der Waals surface area contributed by atoms with E-state index in [4.69, 9.17) is 4.42 Å². The Balaban J connectivity index is 1.48. The monoisotopic (exact) mass is 433 g/mol. The van der Waals surface area contributed by atoms with Gasteiger partial charge in [0.05, 0.1) is 6.26 Å². The van der Waals surface area contributed by atoms with Gasteiger partial charge in [-0.25, -0.2) is 0 Å². The van der Waals surface area contributed by atoms with Crippen molar-refractivity contribution in [1.29, 1.82) is 0 Å². The predicted molar refractivity (Wildman–Crippen MR) is 125 cm³/mol. The number of hydrogen-bond acceptors (Lipinski definition) is 4. The van der Waals surface area contributed by atoms with Crippen LogP contribution in [0.15, 0.2) is 76.3 Å². The van der Waals surface area contributed by atoms with E-state index in [9.17, 15) is 9.59 Å². The van der Waals surface area contributed by atoms with Crippen molar-refractivity contribution >= 4 is 23.5 Å². The second-order valence-corrected chi connectivity index (χ2v) is 7.01. The number of nitrogens with one attached hydrogen (secondary N) is 4. The lowest BCUT2D eigenvalue weighted by atomic mass is 10.1. The molecule has 1 heterocycles. The highest BCUT2D eigenvalue weighted by molar-refractivity contribution is 6.02. The average molecular weight is 434 g/mol. The van der Waals surface area contributed by atoms with Crippen molar-refractivity contribution in [3.05, 3.63) is 89.4 Å². The first-order chi connectivity index (χ1) is 15.6. The van der Waals surface area contributed by atoms with Crippen molar-refractivity contribution in [2.75, 3.05) is 26.0 Å². The molecule has 2 amide bonds. The molecule has 8 heteroatoms. The number of guanidine groups is 1. The van der Waals surface area contributed by atoms with E-state index < -0.39 is 0 Å². The molecule has 0 spiro atoms. The number of rotatable bonds is 8. The van der Waals surface area contributed by atoms with E-state index in [1.165, 1.54) is 6.26 Å². The van der Waals surface area contributed by atoms with Gasteiger partial charge < -0.3 is 25.7 Å². The summed E-state index contributed by atoms with van der Waals surface area (Å²) < 4.78 is 5.12. The molecular weight excluding hydrogens is 406 g/mol. The molecule has 0 aliphatic rings. The predicted octanol–water partition coefficient (Wildman–Crippen LogP) is 2.80. The minimum absolute atomic E-state index is 0.0973. The van der Waals surface area contributed by atoms with Gasteiger partial charge >= 0.3 is 0 Å². The van der Waals surface area contributed by atoms with E-state index >= 15 is 0 Å². The summed E-state index contributed by atoms with van der Waals surface area (Å²) in [5.74, 6) is 0.536. The molecule has 0 radical (unpaired) electrons. The Labute approximate surface area is 187 Å². The van der Waals surface area contributed by atoms with Gasteiger partial charge in [0.15, 0.2) is 11.7 Å². The third kappa shape index (κ3) is 6.46. The normalized spacial score (nSPS) is 11.0. The molecule has 166 valence electrons. The van der Waals surface area contributed by atoms with Gasteiger partial charge in [-0.2, -0.15) is 0 Å². The third-order valence-electron chi connectivity index (χ3n) is 4.74. The summed E-state index contributed by atoms with van der Waals surface area (Å²) in [7, 11) is 3.33. The Morgan fingerprint density at radius 3 is 2.50 bits per heavy atom. The number of nitrogens with zero attached hydrogens (tertiary/aromatic N) is 1. The Kier molecular flexibility index (Phi) is 8.02. The summed E-state index contributed by atoms with van der Waals surface area (Å²) in [6.07, 6.45) is 2.21. The largest absolute Gasteiger partial charge is 0.459 e. The number of amides is 2. The number of furan rings is 1. The molecule has 0 bridgehead atoms. The fourth-order valence-electron chi connectivity index (χ4n) is 3.10. The van der Waals surface area contributed by atoms with Gasteiger partial charge in [0, 0.05) is 38.4 Å². The lowest BCUT2D eigenvalue weighted by Gasteiger charge is -2.13. The molecule has 0 aliphatic carbocycles. The van der Waals surface area contributed by atoms with E-state index in [2.05, 4.69) is 26.3 Å². The average Bonchev–Trinajstić information content (AvgIpc) is 3.36. The first-order valence-corrected chi connectivity index (χ1v) is 10.3. The number of anilines is 1. The zero-order chi connectivity index (χ0) is 22.8. The fourth-order valence-corrected chi connectivity index (χ4v) is 3.10. The summed E-state index contributed by atoms with van der Waals surface area (Å²) >= 11 is 0. The molecular formula is C24H27N5O3. The van der Waals surface area contributed by atoms with Crippen LogP contribution in [-0.2, 0) is 13.0 Å². The van der Waals surface area contributed by atoms with Crippen LogP contribution in [0.2, 0.25) is 0 Å². The van der Waals surface area contributed by atoms with E-state index in [0.29, 0.717) is 30.3 Å². The summed E-state index contributed by atoms with van der Waals surface area (Å²) in [6.45, 7) is 1.20. The Hall–Kier alpha value is -4.07. The molecule has 3 aromatic rings. The van der Waals surface area contributed by atoms with Crippen LogP contribution in [0.5, 0.6) is 0 Å². The maximum absolute atomic E-state index is 12.1. The fraction of sp³-hybridized carbons (Fsp3) is 0.208. The Morgan fingerprint density at radius 2 is 1.75 bits per heavy atom. The van der Waals surface area contributed by atoms with Gasteiger partial charge in [-0.15, -0.1) is 0 Å². The molecule has 32 heavy (non-hydrogen) atoms. The van der Waals surface area contributed by atoms with Crippen LogP contribution in [0.3, 0.4) is 0 Å². The maximum atomic E-state index is 12.1. The van der Waals surface area contributed by atoms with Gasteiger partial charge in [-0.1, -0.05) is 24.3 Å². The van der Waals surface area contributed by atoms with Crippen molar-refractivity contribution in [3.63, 3.8) is 0 Å². The molecule has 0 unspecified atom stereocenters. The number of hydrogen-bond donors (Lipinski definition) is 4. The summed E-state index contributed by atoms with van der Waals surface area (Å²) in [6, 6.07) is 18.4. The van der Waals surface area contributed by atoms with Gasteiger partial charge in [0.2, 0.25) is 0 Å². The lowest BCUT2D eigenvalue weighted by molar-refractivity contribution is 0.0961. The van der Waals surface area contributed by atoms with Crippen LogP contribution in [-0.4, -0.2) is 38.4 Å². The topological polar surface area (TPSA) is 108 Å². The minimum Gasteiger partial charge on any atom is -0.459 e. The first kappa shape index (κ1) is 22.6. The second-order valence-electron chi connectivity index (χ2n) is 7.01. The Bertz CT molecular complexity index is 1080. The highest BCUT2D eigenvalue weighted by atomic mass is 16.3. The quantitative estimate of drug-likeness (QED) is 0.323. The zero-order valence-corrected chi connectivity index (χ0v) is 18.1. The van der Waals surface area contributed by atoms with Crippen molar-refractivity contribution < 1.29 is 14.0 Å².